The molecule has 1 N–H and O–H groups in total. The number of anilines is 1. The van der Waals surface area contributed by atoms with Crippen LogP contribution < -0.4 is 5.32 Å². The molecule has 0 atom stereocenters. The summed E-state index contributed by atoms with van der Waals surface area (Å²) in [7, 11) is 0. The second-order valence-corrected chi connectivity index (χ2v) is 7.93. The molecule has 0 bridgehead atoms. The summed E-state index contributed by atoms with van der Waals surface area (Å²) in [5, 5.41) is 13.1. The molecule has 2 saturated carbocycles. The molecule has 1 aromatic heterocycles. The van der Waals surface area contributed by atoms with E-state index in [1.54, 1.807) is 11.3 Å². The molecule has 5 heteroatoms. The Morgan fingerprint density at radius 3 is 2.41 bits per heavy atom. The van der Waals surface area contributed by atoms with Crippen LogP contribution in [0.5, 0.6) is 0 Å². The van der Waals surface area contributed by atoms with Crippen molar-refractivity contribution in [2.75, 3.05) is 5.32 Å². The van der Waals surface area contributed by atoms with Crippen molar-refractivity contribution < 1.29 is 4.79 Å². The summed E-state index contributed by atoms with van der Waals surface area (Å²) >= 11 is 1.56. The topological polar surface area (TPSA) is 54.9 Å². The highest BCUT2D eigenvalue weighted by Gasteiger charge is 2.22. The van der Waals surface area contributed by atoms with Gasteiger partial charge in [0.15, 0.2) is 0 Å². The first-order valence-electron chi connectivity index (χ1n) is 8.94. The van der Waals surface area contributed by atoms with Gasteiger partial charge in [-0.1, -0.05) is 62.7 Å². The van der Waals surface area contributed by atoms with E-state index in [4.69, 9.17) is 0 Å². The number of amides is 1. The summed E-state index contributed by atoms with van der Waals surface area (Å²) < 4.78 is 0. The molecular formula is C17H27N3OS. The summed E-state index contributed by atoms with van der Waals surface area (Å²) in [6, 6.07) is 0. The summed E-state index contributed by atoms with van der Waals surface area (Å²) in [6.07, 6.45) is 14.9. The van der Waals surface area contributed by atoms with Crippen molar-refractivity contribution in [2.24, 2.45) is 11.8 Å². The maximum atomic E-state index is 12.2. The normalized spacial score (nSPS) is 20.9. The molecule has 1 amide bonds. The molecule has 2 aliphatic rings. The molecule has 0 radical (unpaired) electrons. The van der Waals surface area contributed by atoms with Crippen molar-refractivity contribution in [3.63, 3.8) is 0 Å². The van der Waals surface area contributed by atoms with Gasteiger partial charge in [-0.05, 0) is 25.2 Å². The number of carbonyl (C=O) groups is 1. The van der Waals surface area contributed by atoms with Gasteiger partial charge in [0.2, 0.25) is 11.0 Å². The fourth-order valence-electron chi connectivity index (χ4n) is 3.78. The van der Waals surface area contributed by atoms with E-state index in [2.05, 4.69) is 15.5 Å². The third-order valence-electron chi connectivity index (χ3n) is 5.16. The van der Waals surface area contributed by atoms with Crippen LogP contribution >= 0.6 is 11.3 Å². The maximum Gasteiger partial charge on any atom is 0.229 e. The highest BCUT2D eigenvalue weighted by atomic mass is 32.1. The zero-order chi connectivity index (χ0) is 15.2. The van der Waals surface area contributed by atoms with Crippen molar-refractivity contribution in [2.45, 2.75) is 77.0 Å². The van der Waals surface area contributed by atoms with E-state index in [9.17, 15) is 4.79 Å². The first kappa shape index (κ1) is 15.9. The Labute approximate surface area is 137 Å². The molecule has 1 heterocycles. The van der Waals surface area contributed by atoms with Crippen molar-refractivity contribution in [1.29, 1.82) is 0 Å². The van der Waals surface area contributed by atoms with E-state index < -0.39 is 0 Å². The first-order chi connectivity index (χ1) is 10.8. The van der Waals surface area contributed by atoms with Gasteiger partial charge in [-0.25, -0.2) is 0 Å². The Kier molecular flexibility index (Phi) is 5.82. The summed E-state index contributed by atoms with van der Waals surface area (Å²) in [5.41, 5.74) is 0. The lowest BCUT2D eigenvalue weighted by molar-refractivity contribution is -0.120. The highest BCUT2D eigenvalue weighted by molar-refractivity contribution is 7.15. The Bertz CT molecular complexity index is 476. The first-order valence-corrected chi connectivity index (χ1v) is 9.76. The number of rotatable bonds is 5. The average Bonchev–Trinajstić information content (AvgIpc) is 3.02. The van der Waals surface area contributed by atoms with E-state index in [0.717, 1.165) is 30.2 Å². The number of carbonyl (C=O) groups excluding carboxylic acids is 1. The second-order valence-electron chi connectivity index (χ2n) is 6.87. The van der Waals surface area contributed by atoms with Crippen LogP contribution in [0.15, 0.2) is 0 Å². The van der Waals surface area contributed by atoms with Gasteiger partial charge in [0.1, 0.15) is 5.01 Å². The second kappa shape index (κ2) is 8.04. The summed E-state index contributed by atoms with van der Waals surface area (Å²) in [5.74, 6) is 1.20. The Balaban J connectivity index is 1.45. The van der Waals surface area contributed by atoms with Crippen LogP contribution in [0.4, 0.5) is 5.13 Å². The third-order valence-corrected chi connectivity index (χ3v) is 6.06. The van der Waals surface area contributed by atoms with Gasteiger partial charge in [0.05, 0.1) is 0 Å². The minimum absolute atomic E-state index is 0.148. The van der Waals surface area contributed by atoms with E-state index in [-0.39, 0.29) is 11.8 Å². The molecule has 0 unspecified atom stereocenters. The molecule has 0 spiro atoms. The molecule has 122 valence electrons. The van der Waals surface area contributed by atoms with Crippen LogP contribution in [0.2, 0.25) is 0 Å². The van der Waals surface area contributed by atoms with Crippen LogP contribution in [-0.2, 0) is 11.2 Å². The molecule has 0 aliphatic heterocycles. The van der Waals surface area contributed by atoms with E-state index >= 15 is 0 Å². The van der Waals surface area contributed by atoms with Gasteiger partial charge in [0, 0.05) is 12.3 Å². The zero-order valence-corrected chi connectivity index (χ0v) is 14.2. The van der Waals surface area contributed by atoms with Gasteiger partial charge in [-0.3, -0.25) is 4.79 Å². The van der Waals surface area contributed by atoms with E-state index in [0.29, 0.717) is 5.13 Å². The summed E-state index contributed by atoms with van der Waals surface area (Å²) in [6.45, 7) is 0. The number of nitrogens with zero attached hydrogens (tertiary/aromatic N) is 2. The van der Waals surface area contributed by atoms with Gasteiger partial charge in [-0.15, -0.1) is 10.2 Å². The lowest BCUT2D eigenvalue weighted by atomic mass is 9.86. The van der Waals surface area contributed by atoms with Crippen molar-refractivity contribution in [3.05, 3.63) is 5.01 Å². The SMILES string of the molecule is O=C(Nc1nnc(CCC2CCCCC2)s1)C1CCCCC1. The van der Waals surface area contributed by atoms with Crippen LogP contribution in [0.3, 0.4) is 0 Å². The van der Waals surface area contributed by atoms with E-state index in [1.165, 1.54) is 57.8 Å². The Morgan fingerprint density at radius 2 is 1.68 bits per heavy atom. The molecule has 1 aromatic rings. The quantitative estimate of drug-likeness (QED) is 0.864. The number of hydrogen-bond donors (Lipinski definition) is 1. The van der Waals surface area contributed by atoms with Gasteiger partial charge in [0.25, 0.3) is 0 Å². The molecule has 2 aliphatic carbocycles. The third kappa shape index (κ3) is 4.51. The molecule has 22 heavy (non-hydrogen) atoms. The fourth-order valence-corrected chi connectivity index (χ4v) is 4.54. The lowest BCUT2D eigenvalue weighted by Crippen LogP contribution is -2.24. The predicted octanol–water partition coefficient (Wildman–Crippen LogP) is 4.57. The fraction of sp³-hybridized carbons (Fsp3) is 0.824. The standard InChI is InChI=1S/C17H27N3OS/c21-16(14-9-5-2-6-10-14)18-17-20-19-15(22-17)12-11-13-7-3-1-4-8-13/h13-14H,1-12H2,(H,18,20,21). The van der Waals surface area contributed by atoms with Crippen LogP contribution in [0, 0.1) is 11.8 Å². The molecule has 3 rings (SSSR count). The van der Waals surface area contributed by atoms with Gasteiger partial charge < -0.3 is 5.32 Å². The number of hydrogen-bond acceptors (Lipinski definition) is 4. The molecule has 0 saturated heterocycles. The molecule has 0 aromatic carbocycles. The predicted molar refractivity (Wildman–Crippen MR) is 90.0 cm³/mol. The van der Waals surface area contributed by atoms with Gasteiger partial charge in [-0.2, -0.15) is 0 Å². The minimum Gasteiger partial charge on any atom is -0.300 e. The average molecular weight is 321 g/mol. The highest BCUT2D eigenvalue weighted by Crippen LogP contribution is 2.29. The van der Waals surface area contributed by atoms with Crippen molar-refractivity contribution in [1.82, 2.24) is 10.2 Å². The lowest BCUT2D eigenvalue weighted by Gasteiger charge is -2.20. The number of aryl methyl sites for hydroxylation is 1. The van der Waals surface area contributed by atoms with Crippen LogP contribution in [0.1, 0.15) is 75.6 Å². The van der Waals surface area contributed by atoms with Crippen molar-refractivity contribution in [3.8, 4) is 0 Å². The molecule has 4 nitrogen and oxygen atoms in total. The van der Waals surface area contributed by atoms with Crippen molar-refractivity contribution >= 4 is 22.4 Å². The van der Waals surface area contributed by atoms with Crippen LogP contribution in [-0.4, -0.2) is 16.1 Å². The monoisotopic (exact) mass is 321 g/mol. The summed E-state index contributed by atoms with van der Waals surface area (Å²) in [4.78, 5) is 12.2. The van der Waals surface area contributed by atoms with Crippen LogP contribution in [0.25, 0.3) is 0 Å². The minimum atomic E-state index is 0.148. The molecule has 2 fully saturated rings. The maximum absolute atomic E-state index is 12.2. The number of aromatic nitrogens is 2. The number of nitrogens with one attached hydrogen (secondary N) is 1. The van der Waals surface area contributed by atoms with Gasteiger partial charge >= 0.3 is 0 Å². The Morgan fingerprint density at radius 1 is 1.00 bits per heavy atom. The smallest absolute Gasteiger partial charge is 0.229 e. The largest absolute Gasteiger partial charge is 0.300 e. The van der Waals surface area contributed by atoms with E-state index in [1.807, 2.05) is 0 Å². The zero-order valence-electron chi connectivity index (χ0n) is 13.4. The Hall–Kier alpha value is -0.970. The molecular weight excluding hydrogens is 294 g/mol.